The number of hydrogen-bond acceptors (Lipinski definition) is 3. The van der Waals surface area contributed by atoms with Gasteiger partial charge in [0.2, 0.25) is 6.04 Å². The highest BCUT2D eigenvalue weighted by molar-refractivity contribution is 5.96. The third kappa shape index (κ3) is 3.79. The summed E-state index contributed by atoms with van der Waals surface area (Å²) in [5.41, 5.74) is 1.44. The topological polar surface area (TPSA) is 60.2 Å². The van der Waals surface area contributed by atoms with Gasteiger partial charge in [0.25, 0.3) is 0 Å². The van der Waals surface area contributed by atoms with E-state index in [1.54, 1.807) is 31.2 Å². The van der Waals surface area contributed by atoms with Crippen molar-refractivity contribution in [1.82, 2.24) is 0 Å². The molecule has 0 amide bonds. The molecule has 0 aliphatic rings. The zero-order valence-electron chi connectivity index (χ0n) is 12.5. The van der Waals surface area contributed by atoms with Crippen molar-refractivity contribution in [2.24, 2.45) is 0 Å². The molecule has 0 aromatic heterocycles. The molecule has 0 radical (unpaired) electrons. The summed E-state index contributed by atoms with van der Waals surface area (Å²) < 4.78 is 0. The van der Waals surface area contributed by atoms with E-state index in [1.807, 2.05) is 36.4 Å². The highest BCUT2D eigenvalue weighted by atomic mass is 16.6. The summed E-state index contributed by atoms with van der Waals surface area (Å²) in [6.45, 7) is 1.79. The standard InChI is InChI=1S/C18H19NO3/c1-2-17(19(21)22)16(14-9-5-3-6-10-14)13-18(20)15-11-7-4-8-12-15/h3-12,16-17H,2,13H2,1H3/t16-,17+/m0/s1. The molecule has 114 valence electrons. The lowest BCUT2D eigenvalue weighted by Gasteiger charge is -2.20. The van der Waals surface area contributed by atoms with Gasteiger partial charge in [-0.15, -0.1) is 0 Å². The Morgan fingerprint density at radius 1 is 1.05 bits per heavy atom. The molecule has 0 fully saturated rings. The summed E-state index contributed by atoms with van der Waals surface area (Å²) in [4.78, 5) is 23.5. The maximum atomic E-state index is 12.4. The monoisotopic (exact) mass is 297 g/mol. The van der Waals surface area contributed by atoms with Crippen LogP contribution in [0.4, 0.5) is 0 Å². The Bertz CT molecular complexity index is 625. The lowest BCUT2D eigenvalue weighted by Crippen LogP contribution is -2.28. The van der Waals surface area contributed by atoms with Crippen LogP contribution in [0, 0.1) is 10.1 Å². The van der Waals surface area contributed by atoms with Crippen molar-refractivity contribution in [2.45, 2.75) is 31.7 Å². The van der Waals surface area contributed by atoms with Crippen LogP contribution >= 0.6 is 0 Å². The van der Waals surface area contributed by atoms with E-state index in [9.17, 15) is 14.9 Å². The Labute approximate surface area is 129 Å². The molecular formula is C18H19NO3. The van der Waals surface area contributed by atoms with Gasteiger partial charge < -0.3 is 0 Å². The first-order valence-electron chi connectivity index (χ1n) is 7.40. The molecule has 0 saturated heterocycles. The Morgan fingerprint density at radius 2 is 1.59 bits per heavy atom. The van der Waals surface area contributed by atoms with Crippen LogP contribution in [-0.2, 0) is 0 Å². The van der Waals surface area contributed by atoms with Crippen molar-refractivity contribution >= 4 is 5.78 Å². The normalized spacial score (nSPS) is 13.3. The predicted molar refractivity (Wildman–Crippen MR) is 85.6 cm³/mol. The smallest absolute Gasteiger partial charge is 0.220 e. The molecule has 0 aliphatic heterocycles. The molecule has 0 aliphatic carbocycles. The van der Waals surface area contributed by atoms with Crippen LogP contribution in [0.5, 0.6) is 0 Å². The van der Waals surface area contributed by atoms with E-state index in [0.29, 0.717) is 12.0 Å². The number of hydrogen-bond donors (Lipinski definition) is 0. The average molecular weight is 297 g/mol. The second-order valence-electron chi connectivity index (χ2n) is 5.27. The molecule has 22 heavy (non-hydrogen) atoms. The van der Waals surface area contributed by atoms with Crippen molar-refractivity contribution in [3.05, 3.63) is 81.9 Å². The first kappa shape index (κ1) is 15.9. The van der Waals surface area contributed by atoms with E-state index < -0.39 is 12.0 Å². The molecule has 2 aromatic rings. The zero-order chi connectivity index (χ0) is 15.9. The van der Waals surface area contributed by atoms with Gasteiger partial charge in [0.05, 0.1) is 5.92 Å². The van der Waals surface area contributed by atoms with E-state index in [0.717, 1.165) is 5.56 Å². The number of nitro groups is 1. The van der Waals surface area contributed by atoms with Gasteiger partial charge in [0.1, 0.15) is 0 Å². The van der Waals surface area contributed by atoms with Crippen molar-refractivity contribution in [2.75, 3.05) is 0 Å². The summed E-state index contributed by atoms with van der Waals surface area (Å²) in [6.07, 6.45) is 0.544. The highest BCUT2D eigenvalue weighted by Crippen LogP contribution is 2.28. The molecular weight excluding hydrogens is 278 g/mol. The molecule has 0 saturated carbocycles. The van der Waals surface area contributed by atoms with Gasteiger partial charge in [0.15, 0.2) is 5.78 Å². The van der Waals surface area contributed by atoms with E-state index in [-0.39, 0.29) is 17.1 Å². The molecule has 0 bridgehead atoms. The van der Waals surface area contributed by atoms with Crippen LogP contribution in [0.25, 0.3) is 0 Å². The fourth-order valence-electron chi connectivity index (χ4n) is 2.70. The summed E-state index contributed by atoms with van der Waals surface area (Å²) in [6, 6.07) is 17.5. The highest BCUT2D eigenvalue weighted by Gasteiger charge is 2.32. The van der Waals surface area contributed by atoms with Crippen LogP contribution < -0.4 is 0 Å². The Morgan fingerprint density at radius 3 is 2.09 bits per heavy atom. The van der Waals surface area contributed by atoms with Gasteiger partial charge in [-0.25, -0.2) is 0 Å². The van der Waals surface area contributed by atoms with Gasteiger partial charge in [-0.05, 0) is 5.56 Å². The van der Waals surface area contributed by atoms with Crippen LogP contribution in [-0.4, -0.2) is 16.7 Å². The third-order valence-electron chi connectivity index (χ3n) is 3.88. The molecule has 0 spiro atoms. The summed E-state index contributed by atoms with van der Waals surface area (Å²) in [7, 11) is 0. The van der Waals surface area contributed by atoms with Crippen molar-refractivity contribution in [3.63, 3.8) is 0 Å². The van der Waals surface area contributed by atoms with Crippen LogP contribution in [0.15, 0.2) is 60.7 Å². The Balaban J connectivity index is 2.29. The number of nitrogens with zero attached hydrogens (tertiary/aromatic N) is 1. The minimum Gasteiger partial charge on any atom is -0.294 e. The minimum atomic E-state index is -0.755. The molecule has 2 aromatic carbocycles. The van der Waals surface area contributed by atoms with Crippen molar-refractivity contribution in [3.8, 4) is 0 Å². The number of Topliss-reactive ketones (excluding diaryl/α,β-unsaturated/α-hetero) is 1. The Kier molecular flexibility index (Phi) is 5.42. The van der Waals surface area contributed by atoms with Gasteiger partial charge in [-0.3, -0.25) is 14.9 Å². The van der Waals surface area contributed by atoms with E-state index in [2.05, 4.69) is 0 Å². The lowest BCUT2D eigenvalue weighted by atomic mass is 9.85. The molecule has 2 atom stereocenters. The molecule has 0 heterocycles. The van der Waals surface area contributed by atoms with Gasteiger partial charge >= 0.3 is 0 Å². The summed E-state index contributed by atoms with van der Waals surface area (Å²) in [5.74, 6) is -0.469. The second-order valence-corrected chi connectivity index (χ2v) is 5.27. The van der Waals surface area contributed by atoms with Crippen LogP contribution in [0.1, 0.15) is 41.6 Å². The van der Waals surface area contributed by atoms with Gasteiger partial charge in [0, 0.05) is 23.3 Å². The second kappa shape index (κ2) is 7.50. The molecule has 2 rings (SSSR count). The number of carbonyl (C=O) groups is 1. The van der Waals surface area contributed by atoms with Crippen LogP contribution in [0.2, 0.25) is 0 Å². The van der Waals surface area contributed by atoms with E-state index >= 15 is 0 Å². The first-order chi connectivity index (χ1) is 10.6. The number of benzene rings is 2. The molecule has 4 nitrogen and oxygen atoms in total. The Hall–Kier alpha value is -2.49. The van der Waals surface area contributed by atoms with Crippen LogP contribution in [0.3, 0.4) is 0 Å². The zero-order valence-corrected chi connectivity index (χ0v) is 12.5. The average Bonchev–Trinajstić information content (AvgIpc) is 2.55. The van der Waals surface area contributed by atoms with Gasteiger partial charge in [-0.2, -0.15) is 0 Å². The summed E-state index contributed by atoms with van der Waals surface area (Å²) >= 11 is 0. The lowest BCUT2D eigenvalue weighted by molar-refractivity contribution is -0.527. The number of rotatable bonds is 7. The third-order valence-corrected chi connectivity index (χ3v) is 3.88. The number of ketones is 1. The fraction of sp³-hybridized carbons (Fsp3) is 0.278. The SMILES string of the molecule is CC[C@H]([C@@H](CC(=O)c1ccccc1)c1ccccc1)[N+](=O)[O-]. The summed E-state index contributed by atoms with van der Waals surface area (Å²) in [5, 5.41) is 11.4. The van der Waals surface area contributed by atoms with E-state index in [1.165, 1.54) is 0 Å². The minimum absolute atomic E-state index is 0.0604. The first-order valence-corrected chi connectivity index (χ1v) is 7.40. The maximum absolute atomic E-state index is 12.4. The molecule has 4 heteroatoms. The number of carbonyl (C=O) groups excluding carboxylic acids is 1. The van der Waals surface area contributed by atoms with Crippen molar-refractivity contribution < 1.29 is 9.72 Å². The maximum Gasteiger partial charge on any atom is 0.220 e. The largest absolute Gasteiger partial charge is 0.294 e. The predicted octanol–water partition coefficient (Wildman–Crippen LogP) is 4.10. The fourth-order valence-corrected chi connectivity index (χ4v) is 2.70. The molecule has 0 unspecified atom stereocenters. The van der Waals surface area contributed by atoms with Gasteiger partial charge in [-0.1, -0.05) is 67.6 Å². The quantitative estimate of drug-likeness (QED) is 0.439. The van der Waals surface area contributed by atoms with Crippen molar-refractivity contribution in [1.29, 1.82) is 0 Å². The van der Waals surface area contributed by atoms with E-state index in [4.69, 9.17) is 0 Å². The molecule has 0 N–H and O–H groups in total.